The van der Waals surface area contributed by atoms with E-state index in [9.17, 15) is 14.4 Å². The van der Waals surface area contributed by atoms with Crippen LogP contribution in [0.1, 0.15) is 54.3 Å². The van der Waals surface area contributed by atoms with Crippen LogP contribution >= 0.6 is 11.6 Å². The van der Waals surface area contributed by atoms with E-state index in [-0.39, 0.29) is 31.0 Å². The van der Waals surface area contributed by atoms with Crippen molar-refractivity contribution in [3.63, 3.8) is 0 Å². The molecule has 0 saturated heterocycles. The number of aromatic nitrogens is 2. The second-order valence-electron chi connectivity index (χ2n) is 10.6. The first-order chi connectivity index (χ1) is 17.8. The number of halogens is 1. The van der Waals surface area contributed by atoms with E-state index in [2.05, 4.69) is 27.5 Å². The minimum Gasteiger partial charge on any atom is -0.444 e. The number of ether oxygens (including phenoxy) is 1. The summed E-state index contributed by atoms with van der Waals surface area (Å²) in [7, 11) is 0. The van der Waals surface area contributed by atoms with Crippen molar-refractivity contribution in [3.05, 3.63) is 91.6 Å². The Balaban J connectivity index is 1.64. The predicted octanol–water partition coefficient (Wildman–Crippen LogP) is 4.81. The Morgan fingerprint density at radius 1 is 0.947 bits per heavy atom. The van der Waals surface area contributed by atoms with Gasteiger partial charge in [-0.3, -0.25) is 9.59 Å². The first kappa shape index (κ1) is 29.0. The monoisotopic (exact) mass is 540 g/mol. The fourth-order valence-electron chi connectivity index (χ4n) is 4.19. The zero-order valence-electron chi connectivity index (χ0n) is 23.0. The Labute approximate surface area is 229 Å². The molecular weight excluding hydrogens is 504 g/mol. The number of nitrogens with one attached hydrogen (secondary N) is 2. The Morgan fingerprint density at radius 3 is 2.29 bits per heavy atom. The fraction of sp³-hybridized carbons (Fsp3) is 0.414. The molecule has 0 radical (unpaired) electrons. The quantitative estimate of drug-likeness (QED) is 0.407. The van der Waals surface area contributed by atoms with Crippen LogP contribution in [-0.2, 0) is 42.1 Å². The van der Waals surface area contributed by atoms with Crippen LogP contribution in [0.4, 0.5) is 4.79 Å². The molecular formula is C29H37ClN4O4. The highest BCUT2D eigenvalue weighted by Gasteiger charge is 2.17. The molecule has 2 heterocycles. The summed E-state index contributed by atoms with van der Waals surface area (Å²) in [4.78, 5) is 38.1. The Kier molecular flexibility index (Phi) is 9.44. The summed E-state index contributed by atoms with van der Waals surface area (Å²) < 4.78 is 9.06. The molecule has 1 aromatic carbocycles. The van der Waals surface area contributed by atoms with Gasteiger partial charge in [0.25, 0.3) is 5.56 Å². The number of hydrogen-bond donors (Lipinski definition) is 2. The molecule has 0 spiro atoms. The molecule has 0 unspecified atom stereocenters. The van der Waals surface area contributed by atoms with Gasteiger partial charge in [-0.05, 0) is 88.1 Å². The minimum absolute atomic E-state index is 0.0286. The van der Waals surface area contributed by atoms with E-state index in [4.69, 9.17) is 16.3 Å². The van der Waals surface area contributed by atoms with Crippen molar-refractivity contribution >= 4 is 23.6 Å². The molecule has 3 aromatic rings. The summed E-state index contributed by atoms with van der Waals surface area (Å²) in [5.74, 6) is -0.272. The SMILES string of the molecule is Cc1cc(C)n(CCn2ccc(C)c(CC(=O)NCc3cc(Cl)ccc3CNC(=O)OC(C)(C)C)c2=O)c1. The lowest BCUT2D eigenvalue weighted by Crippen LogP contribution is -2.33. The number of carbonyl (C=O) groups excluding carboxylic acids is 2. The van der Waals surface area contributed by atoms with Crippen LogP contribution in [0.15, 0.2) is 47.5 Å². The van der Waals surface area contributed by atoms with Crippen LogP contribution < -0.4 is 16.2 Å². The summed E-state index contributed by atoms with van der Waals surface area (Å²) in [6, 6.07) is 9.25. The number of aryl methyl sites for hydroxylation is 5. The second kappa shape index (κ2) is 12.3. The lowest BCUT2D eigenvalue weighted by Gasteiger charge is -2.20. The number of nitrogens with zero attached hydrogens (tertiary/aromatic N) is 2. The number of hydrogen-bond acceptors (Lipinski definition) is 4. The molecule has 2 amide bonds. The predicted molar refractivity (Wildman–Crippen MR) is 149 cm³/mol. The van der Waals surface area contributed by atoms with Crippen LogP contribution in [-0.4, -0.2) is 26.7 Å². The molecule has 8 nitrogen and oxygen atoms in total. The Hall–Kier alpha value is -3.52. The van der Waals surface area contributed by atoms with Gasteiger partial charge in [0.05, 0.1) is 6.42 Å². The summed E-state index contributed by atoms with van der Waals surface area (Å²) in [5.41, 5.74) is 4.38. The van der Waals surface area contributed by atoms with Crippen molar-refractivity contribution in [2.75, 3.05) is 0 Å². The van der Waals surface area contributed by atoms with Crippen molar-refractivity contribution in [2.45, 2.75) is 79.7 Å². The van der Waals surface area contributed by atoms with Gasteiger partial charge in [-0.25, -0.2) is 4.79 Å². The lowest BCUT2D eigenvalue weighted by molar-refractivity contribution is -0.120. The third-order valence-electron chi connectivity index (χ3n) is 6.13. The topological polar surface area (TPSA) is 94.4 Å². The van der Waals surface area contributed by atoms with E-state index >= 15 is 0 Å². The van der Waals surface area contributed by atoms with Gasteiger partial charge in [-0.2, -0.15) is 0 Å². The van der Waals surface area contributed by atoms with Crippen LogP contribution in [0.2, 0.25) is 5.02 Å². The maximum Gasteiger partial charge on any atom is 0.407 e. The number of carbonyl (C=O) groups is 2. The van der Waals surface area contributed by atoms with Gasteiger partial charge in [0.2, 0.25) is 5.91 Å². The zero-order valence-corrected chi connectivity index (χ0v) is 23.7. The number of alkyl carbamates (subject to hydrolysis) is 1. The number of pyridine rings is 1. The second-order valence-corrected chi connectivity index (χ2v) is 11.0. The summed E-state index contributed by atoms with van der Waals surface area (Å²) >= 11 is 6.19. The fourth-order valence-corrected chi connectivity index (χ4v) is 4.38. The summed E-state index contributed by atoms with van der Waals surface area (Å²) in [6.07, 6.45) is 3.29. The summed E-state index contributed by atoms with van der Waals surface area (Å²) in [6.45, 7) is 12.9. The molecule has 3 rings (SSSR count). The van der Waals surface area contributed by atoms with E-state index < -0.39 is 11.7 Å². The first-order valence-electron chi connectivity index (χ1n) is 12.7. The molecule has 0 aliphatic rings. The smallest absolute Gasteiger partial charge is 0.407 e. The molecule has 9 heteroatoms. The van der Waals surface area contributed by atoms with Gasteiger partial charge in [0.1, 0.15) is 5.60 Å². The zero-order chi connectivity index (χ0) is 28.0. The molecule has 0 saturated carbocycles. The van der Waals surface area contributed by atoms with Crippen LogP contribution in [0, 0.1) is 20.8 Å². The third-order valence-corrected chi connectivity index (χ3v) is 6.37. The molecule has 0 aliphatic carbocycles. The molecule has 0 bridgehead atoms. The van der Waals surface area contributed by atoms with Crippen molar-refractivity contribution in [1.29, 1.82) is 0 Å². The van der Waals surface area contributed by atoms with Gasteiger partial charge in [0.15, 0.2) is 0 Å². The largest absolute Gasteiger partial charge is 0.444 e. The summed E-state index contributed by atoms with van der Waals surface area (Å²) in [5, 5.41) is 6.14. The highest BCUT2D eigenvalue weighted by atomic mass is 35.5. The molecule has 2 aromatic heterocycles. The maximum atomic E-state index is 13.2. The normalized spacial score (nSPS) is 11.3. The highest BCUT2D eigenvalue weighted by Crippen LogP contribution is 2.17. The van der Waals surface area contributed by atoms with Crippen molar-refractivity contribution in [3.8, 4) is 0 Å². The number of benzene rings is 1. The Bertz CT molecular complexity index is 1370. The molecule has 38 heavy (non-hydrogen) atoms. The van der Waals surface area contributed by atoms with Crippen LogP contribution in [0.3, 0.4) is 0 Å². The lowest BCUT2D eigenvalue weighted by atomic mass is 10.1. The highest BCUT2D eigenvalue weighted by molar-refractivity contribution is 6.30. The number of rotatable bonds is 9. The van der Waals surface area contributed by atoms with Crippen molar-refractivity contribution in [1.82, 2.24) is 19.8 Å². The van der Waals surface area contributed by atoms with Gasteiger partial charge in [-0.1, -0.05) is 17.7 Å². The van der Waals surface area contributed by atoms with Gasteiger partial charge < -0.3 is 24.5 Å². The number of amides is 2. The molecule has 2 N–H and O–H groups in total. The van der Waals surface area contributed by atoms with Crippen molar-refractivity contribution < 1.29 is 14.3 Å². The average molecular weight is 541 g/mol. The molecule has 0 aliphatic heterocycles. The van der Waals surface area contributed by atoms with E-state index in [1.54, 1.807) is 49.7 Å². The van der Waals surface area contributed by atoms with Crippen LogP contribution in [0.25, 0.3) is 0 Å². The standard InChI is InChI=1S/C29H37ClN4O4/c1-19-13-21(3)34(18-19)12-11-33-10-9-20(2)25(27(33)36)15-26(35)31-17-23-14-24(30)8-7-22(23)16-32-28(37)38-29(4,5)6/h7-10,13-14,18H,11-12,15-17H2,1-6H3,(H,31,35)(H,32,37). The van der Waals surface area contributed by atoms with Gasteiger partial charge >= 0.3 is 6.09 Å². The molecule has 0 atom stereocenters. The molecule has 204 valence electrons. The van der Waals surface area contributed by atoms with Gasteiger partial charge in [-0.15, -0.1) is 0 Å². The Morgan fingerprint density at radius 2 is 1.63 bits per heavy atom. The van der Waals surface area contributed by atoms with E-state index in [0.29, 0.717) is 23.7 Å². The third kappa shape index (κ3) is 8.25. The molecule has 0 fully saturated rings. The average Bonchev–Trinajstić information content (AvgIpc) is 3.14. The first-order valence-corrected chi connectivity index (χ1v) is 13.0. The minimum atomic E-state index is -0.602. The maximum absolute atomic E-state index is 13.2. The van der Waals surface area contributed by atoms with E-state index in [1.807, 2.05) is 26.8 Å². The van der Waals surface area contributed by atoms with Crippen molar-refractivity contribution in [2.24, 2.45) is 0 Å². The van der Waals surface area contributed by atoms with E-state index in [1.165, 1.54) is 5.56 Å². The van der Waals surface area contributed by atoms with Crippen LogP contribution in [0.5, 0.6) is 0 Å². The van der Waals surface area contributed by atoms with Gasteiger partial charge in [0, 0.05) is 54.9 Å². The van der Waals surface area contributed by atoms with E-state index in [0.717, 1.165) is 22.4 Å².